The zero-order valence-corrected chi connectivity index (χ0v) is 11.0. The average molecular weight is 290 g/mol. The van der Waals surface area contributed by atoms with Gasteiger partial charge in [0.05, 0.1) is 3.79 Å². The number of rotatable bonds is 6. The number of halogens is 1. The Morgan fingerprint density at radius 1 is 1.47 bits per heavy atom. The zero-order chi connectivity index (χ0) is 10.7. The molecule has 15 heavy (non-hydrogen) atoms. The molecule has 1 aromatic heterocycles. The smallest absolute Gasteiger partial charge is 0.0701 e. The Morgan fingerprint density at radius 2 is 2.27 bits per heavy atom. The maximum atomic E-state index is 8.93. The second-order valence-electron chi connectivity index (χ2n) is 4.28. The Hall–Kier alpha value is 0.1000. The molecule has 0 aromatic carbocycles. The predicted octanol–water partition coefficient (Wildman–Crippen LogP) is 2.76. The van der Waals surface area contributed by atoms with Crippen LogP contribution in [0.1, 0.15) is 24.1 Å². The van der Waals surface area contributed by atoms with Crippen LogP contribution in [0, 0.1) is 5.41 Å². The van der Waals surface area contributed by atoms with E-state index in [1.807, 2.05) is 0 Å². The first-order chi connectivity index (χ1) is 7.24. The number of hydrogen-bond donors (Lipinski definition) is 2. The van der Waals surface area contributed by atoms with Crippen molar-refractivity contribution in [2.24, 2.45) is 5.41 Å². The summed E-state index contributed by atoms with van der Waals surface area (Å²) in [4.78, 5) is 1.36. The normalized spacial score (nSPS) is 18.0. The molecular formula is C11H16BrNOS. The van der Waals surface area contributed by atoms with Gasteiger partial charge in [0.25, 0.3) is 0 Å². The van der Waals surface area contributed by atoms with E-state index >= 15 is 0 Å². The lowest BCUT2D eigenvalue weighted by atomic mass is 10.0. The lowest BCUT2D eigenvalue weighted by Gasteiger charge is -2.13. The van der Waals surface area contributed by atoms with Crippen LogP contribution >= 0.6 is 27.3 Å². The second-order valence-corrected chi connectivity index (χ2v) is 6.83. The Balaban J connectivity index is 1.71. The molecule has 0 spiro atoms. The molecule has 2 nitrogen and oxygen atoms in total. The first kappa shape index (κ1) is 11.6. The third kappa shape index (κ3) is 3.28. The molecule has 0 bridgehead atoms. The number of aliphatic hydroxyl groups excluding tert-OH is 1. The Labute approximate surface area is 103 Å². The lowest BCUT2D eigenvalue weighted by Crippen LogP contribution is -2.24. The lowest BCUT2D eigenvalue weighted by molar-refractivity contribution is 0.245. The number of hydrogen-bond acceptors (Lipinski definition) is 3. The largest absolute Gasteiger partial charge is 0.396 e. The molecule has 0 saturated heterocycles. The van der Waals surface area contributed by atoms with Gasteiger partial charge in [0.15, 0.2) is 0 Å². The molecule has 1 heterocycles. The van der Waals surface area contributed by atoms with E-state index in [1.54, 1.807) is 11.3 Å². The van der Waals surface area contributed by atoms with Gasteiger partial charge in [-0.05, 0) is 52.7 Å². The van der Waals surface area contributed by atoms with Gasteiger partial charge in [0.2, 0.25) is 0 Å². The fourth-order valence-corrected chi connectivity index (χ4v) is 3.28. The van der Waals surface area contributed by atoms with Gasteiger partial charge in [-0.1, -0.05) is 0 Å². The van der Waals surface area contributed by atoms with E-state index in [0.717, 1.165) is 19.5 Å². The highest BCUT2D eigenvalue weighted by Gasteiger charge is 2.41. The van der Waals surface area contributed by atoms with Crippen LogP contribution in [0.2, 0.25) is 0 Å². The summed E-state index contributed by atoms with van der Waals surface area (Å²) in [6.45, 7) is 2.32. The molecule has 4 heteroatoms. The van der Waals surface area contributed by atoms with E-state index in [2.05, 4.69) is 33.4 Å². The first-order valence-electron chi connectivity index (χ1n) is 5.30. The average Bonchev–Trinajstić information content (AvgIpc) is 2.83. The molecule has 2 N–H and O–H groups in total. The van der Waals surface area contributed by atoms with E-state index in [9.17, 15) is 0 Å². The molecular weight excluding hydrogens is 274 g/mol. The molecule has 0 aliphatic heterocycles. The molecule has 1 aromatic rings. The molecule has 2 rings (SSSR count). The topological polar surface area (TPSA) is 32.3 Å². The maximum absolute atomic E-state index is 8.93. The van der Waals surface area contributed by atoms with Crippen LogP contribution in [0.4, 0.5) is 0 Å². The molecule has 1 aliphatic rings. The van der Waals surface area contributed by atoms with Crippen molar-refractivity contribution in [2.45, 2.75) is 25.8 Å². The summed E-state index contributed by atoms with van der Waals surface area (Å²) in [5.74, 6) is 0. The van der Waals surface area contributed by atoms with Gasteiger partial charge in [-0.15, -0.1) is 11.3 Å². The highest BCUT2D eigenvalue weighted by molar-refractivity contribution is 9.11. The number of thiophene rings is 1. The van der Waals surface area contributed by atoms with E-state index in [4.69, 9.17) is 5.11 Å². The summed E-state index contributed by atoms with van der Waals surface area (Å²) in [6, 6.07) is 4.23. The van der Waals surface area contributed by atoms with Crippen LogP contribution in [0.5, 0.6) is 0 Å². The third-order valence-corrected chi connectivity index (χ3v) is 4.65. The van der Waals surface area contributed by atoms with E-state index in [1.165, 1.54) is 21.5 Å². The Kier molecular flexibility index (Phi) is 3.83. The first-order valence-corrected chi connectivity index (χ1v) is 6.91. The third-order valence-electron chi connectivity index (χ3n) is 3.03. The molecule has 1 saturated carbocycles. The Morgan fingerprint density at radius 3 is 2.80 bits per heavy atom. The summed E-state index contributed by atoms with van der Waals surface area (Å²) in [6.07, 6.45) is 3.50. The Bertz CT molecular complexity index is 322. The second kappa shape index (κ2) is 4.95. The van der Waals surface area contributed by atoms with E-state index in [0.29, 0.717) is 12.0 Å². The van der Waals surface area contributed by atoms with Gasteiger partial charge < -0.3 is 10.4 Å². The summed E-state index contributed by atoms with van der Waals surface area (Å²) in [5, 5.41) is 12.4. The summed E-state index contributed by atoms with van der Waals surface area (Å²) in [5.41, 5.74) is 0.420. The van der Waals surface area contributed by atoms with Gasteiger partial charge in [-0.25, -0.2) is 0 Å². The quantitative estimate of drug-likeness (QED) is 0.844. The van der Waals surface area contributed by atoms with Crippen LogP contribution in [0.15, 0.2) is 15.9 Å². The zero-order valence-electron chi connectivity index (χ0n) is 8.63. The van der Waals surface area contributed by atoms with Crippen molar-refractivity contribution < 1.29 is 5.11 Å². The molecule has 0 unspecified atom stereocenters. The summed E-state index contributed by atoms with van der Waals surface area (Å²) < 4.78 is 1.19. The molecule has 1 aliphatic carbocycles. The van der Waals surface area contributed by atoms with Crippen molar-refractivity contribution in [3.05, 3.63) is 20.8 Å². The van der Waals surface area contributed by atoms with Crippen molar-refractivity contribution >= 4 is 27.3 Å². The maximum Gasteiger partial charge on any atom is 0.0701 e. The van der Waals surface area contributed by atoms with Crippen LogP contribution in [0.3, 0.4) is 0 Å². The van der Waals surface area contributed by atoms with Crippen molar-refractivity contribution in [1.29, 1.82) is 0 Å². The summed E-state index contributed by atoms with van der Waals surface area (Å²) >= 11 is 5.24. The molecule has 0 amide bonds. The van der Waals surface area contributed by atoms with Crippen LogP contribution in [-0.2, 0) is 6.54 Å². The van der Waals surface area contributed by atoms with E-state index < -0.39 is 0 Å². The predicted molar refractivity (Wildman–Crippen MR) is 67.1 cm³/mol. The molecule has 1 fully saturated rings. The van der Waals surface area contributed by atoms with Crippen LogP contribution in [-0.4, -0.2) is 18.3 Å². The van der Waals surface area contributed by atoms with Gasteiger partial charge >= 0.3 is 0 Å². The minimum atomic E-state index is 0.326. The van der Waals surface area contributed by atoms with Crippen LogP contribution < -0.4 is 5.32 Å². The van der Waals surface area contributed by atoms with Crippen molar-refractivity contribution in [1.82, 2.24) is 5.32 Å². The number of aliphatic hydroxyl groups is 1. The van der Waals surface area contributed by atoms with Gasteiger partial charge in [-0.3, -0.25) is 0 Å². The molecule has 84 valence electrons. The van der Waals surface area contributed by atoms with Crippen molar-refractivity contribution in [3.63, 3.8) is 0 Å². The van der Waals surface area contributed by atoms with E-state index in [-0.39, 0.29) is 0 Å². The monoisotopic (exact) mass is 289 g/mol. The van der Waals surface area contributed by atoms with Gasteiger partial charge in [0.1, 0.15) is 0 Å². The fraction of sp³-hybridized carbons (Fsp3) is 0.636. The fourth-order valence-electron chi connectivity index (χ4n) is 1.83. The summed E-state index contributed by atoms with van der Waals surface area (Å²) in [7, 11) is 0. The van der Waals surface area contributed by atoms with Crippen LogP contribution in [0.25, 0.3) is 0 Å². The molecule has 0 atom stereocenters. The highest BCUT2D eigenvalue weighted by atomic mass is 79.9. The standard InChI is InChI=1S/C11H16BrNOS/c12-10-2-1-9(15-10)7-13-8-11(3-4-11)5-6-14/h1-2,13-14H,3-8H2. The number of nitrogens with one attached hydrogen (secondary N) is 1. The van der Waals surface area contributed by atoms with Crippen molar-refractivity contribution in [3.8, 4) is 0 Å². The highest BCUT2D eigenvalue weighted by Crippen LogP contribution is 2.47. The minimum absolute atomic E-state index is 0.326. The minimum Gasteiger partial charge on any atom is -0.396 e. The van der Waals surface area contributed by atoms with Gasteiger partial charge in [0, 0.05) is 24.6 Å². The van der Waals surface area contributed by atoms with Crippen molar-refractivity contribution in [2.75, 3.05) is 13.2 Å². The SMILES string of the molecule is OCCC1(CNCc2ccc(Br)s2)CC1. The van der Waals surface area contributed by atoms with Gasteiger partial charge in [-0.2, -0.15) is 0 Å². The molecule has 0 radical (unpaired) electrons.